The van der Waals surface area contributed by atoms with Crippen molar-refractivity contribution in [3.05, 3.63) is 60.2 Å². The molecule has 170 valence electrons. The molecule has 0 aliphatic heterocycles. The zero-order valence-corrected chi connectivity index (χ0v) is 19.1. The molecule has 32 heavy (non-hydrogen) atoms. The summed E-state index contributed by atoms with van der Waals surface area (Å²) in [7, 11) is 0. The van der Waals surface area contributed by atoms with Crippen LogP contribution >= 0.6 is 0 Å². The van der Waals surface area contributed by atoms with Crippen LogP contribution in [0.3, 0.4) is 0 Å². The van der Waals surface area contributed by atoms with E-state index < -0.39 is 6.10 Å². The Balaban J connectivity index is 1.18. The van der Waals surface area contributed by atoms with Crippen molar-refractivity contribution in [2.75, 3.05) is 19.8 Å². The third-order valence-electron chi connectivity index (χ3n) is 6.62. The van der Waals surface area contributed by atoms with Gasteiger partial charge in [0, 0.05) is 6.61 Å². The van der Waals surface area contributed by atoms with E-state index in [0.717, 1.165) is 12.8 Å². The van der Waals surface area contributed by atoms with Crippen LogP contribution < -0.4 is 0 Å². The minimum absolute atomic E-state index is 0.225. The van der Waals surface area contributed by atoms with E-state index in [4.69, 9.17) is 9.84 Å². The van der Waals surface area contributed by atoms with Crippen molar-refractivity contribution in [3.8, 4) is 0 Å². The maximum absolute atomic E-state index is 9.22. The maximum Gasteiger partial charge on any atom is 0.100 e. The Morgan fingerprint density at radius 2 is 1.25 bits per heavy atom. The molecule has 0 saturated heterocycles. The quantitative estimate of drug-likeness (QED) is 0.174. The normalized spacial score (nSPS) is 12.9. The highest BCUT2D eigenvalue weighted by Crippen LogP contribution is 2.36. The van der Waals surface area contributed by atoms with Crippen molar-refractivity contribution in [2.45, 2.75) is 63.9 Å². The predicted molar refractivity (Wildman–Crippen MR) is 135 cm³/mol. The van der Waals surface area contributed by atoms with Crippen LogP contribution in [0, 0.1) is 0 Å². The highest BCUT2D eigenvalue weighted by Gasteiger charge is 2.10. The first kappa shape index (κ1) is 23.0. The van der Waals surface area contributed by atoms with Gasteiger partial charge in [0.1, 0.15) is 6.10 Å². The Bertz CT molecular complexity index is 1090. The van der Waals surface area contributed by atoms with Crippen molar-refractivity contribution in [3.63, 3.8) is 0 Å². The Labute approximate surface area is 191 Å². The number of aryl methyl sites for hydroxylation is 1. The molecule has 0 aromatic heterocycles. The van der Waals surface area contributed by atoms with Gasteiger partial charge in [-0.3, -0.25) is 0 Å². The molecule has 4 aromatic carbocycles. The lowest BCUT2D eigenvalue weighted by Crippen LogP contribution is -2.19. The summed E-state index contributed by atoms with van der Waals surface area (Å²) in [4.78, 5) is 0. The lowest BCUT2D eigenvalue weighted by molar-refractivity contribution is 0.00526. The number of ether oxygens (including phenoxy) is 1. The van der Waals surface area contributed by atoms with Gasteiger partial charge in [0.05, 0.1) is 13.2 Å². The summed E-state index contributed by atoms with van der Waals surface area (Å²) in [6, 6.07) is 20.4. The zero-order valence-electron chi connectivity index (χ0n) is 19.1. The molecule has 0 bridgehead atoms. The summed E-state index contributed by atoms with van der Waals surface area (Å²) in [6.45, 7) is 0.690. The van der Waals surface area contributed by atoms with Crippen molar-refractivity contribution >= 4 is 32.3 Å². The summed E-state index contributed by atoms with van der Waals surface area (Å²) in [5.41, 5.74) is 1.49. The number of aliphatic hydroxyl groups is 2. The summed E-state index contributed by atoms with van der Waals surface area (Å²) >= 11 is 0. The molecule has 1 atom stereocenters. The van der Waals surface area contributed by atoms with Gasteiger partial charge in [-0.15, -0.1) is 0 Å². The minimum Gasteiger partial charge on any atom is -0.394 e. The number of rotatable bonds is 14. The summed E-state index contributed by atoms with van der Waals surface area (Å²) in [6.07, 6.45) is 10.3. The standard InChI is InChI=1S/C29H36O3/c30-20-26(31)21-32-19-8-6-4-2-1-3-5-7-10-22-13-14-25-16-15-23-11-9-12-24-17-18-27(22)29(25)28(23)24/h9,11-18,26,30-31H,1-8,10,19-21H2. The van der Waals surface area contributed by atoms with Gasteiger partial charge in [-0.05, 0) is 57.1 Å². The molecular formula is C29H36O3. The van der Waals surface area contributed by atoms with Crippen molar-refractivity contribution in [1.29, 1.82) is 0 Å². The SMILES string of the molecule is OCC(O)COCCCCCCCCCCc1ccc2ccc3cccc4ccc1c2c34. The number of aliphatic hydroxyl groups excluding tert-OH is 2. The molecule has 0 amide bonds. The number of hydrogen-bond acceptors (Lipinski definition) is 3. The van der Waals surface area contributed by atoms with Crippen LogP contribution in [0.1, 0.15) is 56.9 Å². The van der Waals surface area contributed by atoms with Gasteiger partial charge in [-0.1, -0.05) is 93.1 Å². The van der Waals surface area contributed by atoms with E-state index in [9.17, 15) is 5.11 Å². The molecule has 0 radical (unpaired) electrons. The van der Waals surface area contributed by atoms with E-state index in [1.165, 1.54) is 82.8 Å². The second-order valence-electron chi connectivity index (χ2n) is 9.07. The number of hydrogen-bond donors (Lipinski definition) is 2. The minimum atomic E-state index is -0.739. The lowest BCUT2D eigenvalue weighted by Gasteiger charge is -2.14. The van der Waals surface area contributed by atoms with E-state index in [1.807, 2.05) is 0 Å². The van der Waals surface area contributed by atoms with Gasteiger partial charge in [0.2, 0.25) is 0 Å². The van der Waals surface area contributed by atoms with Gasteiger partial charge in [-0.2, -0.15) is 0 Å². The number of unbranched alkanes of at least 4 members (excludes halogenated alkanes) is 7. The van der Waals surface area contributed by atoms with Crippen LogP contribution in [0.25, 0.3) is 32.3 Å². The van der Waals surface area contributed by atoms with E-state index in [2.05, 4.69) is 54.6 Å². The van der Waals surface area contributed by atoms with Gasteiger partial charge >= 0.3 is 0 Å². The molecule has 3 nitrogen and oxygen atoms in total. The molecule has 0 spiro atoms. The fourth-order valence-electron chi connectivity index (χ4n) is 4.87. The van der Waals surface area contributed by atoms with Gasteiger partial charge in [0.15, 0.2) is 0 Å². The second-order valence-corrected chi connectivity index (χ2v) is 9.07. The molecule has 0 aliphatic carbocycles. The van der Waals surface area contributed by atoms with Crippen LogP contribution in [-0.4, -0.2) is 36.1 Å². The molecule has 3 heteroatoms. The average molecular weight is 433 g/mol. The molecule has 4 rings (SSSR count). The van der Waals surface area contributed by atoms with Crippen molar-refractivity contribution in [2.24, 2.45) is 0 Å². The molecule has 0 fully saturated rings. The first-order valence-electron chi connectivity index (χ1n) is 12.3. The average Bonchev–Trinajstić information content (AvgIpc) is 2.83. The lowest BCUT2D eigenvalue weighted by atomic mass is 9.90. The zero-order chi connectivity index (χ0) is 22.2. The predicted octanol–water partition coefficient (Wildman–Crippen LogP) is 6.62. The van der Waals surface area contributed by atoms with Gasteiger partial charge in [0.25, 0.3) is 0 Å². The van der Waals surface area contributed by atoms with E-state index >= 15 is 0 Å². The van der Waals surface area contributed by atoms with E-state index in [0.29, 0.717) is 6.61 Å². The monoisotopic (exact) mass is 432 g/mol. The molecule has 0 saturated carbocycles. The van der Waals surface area contributed by atoms with E-state index in [1.54, 1.807) is 0 Å². The van der Waals surface area contributed by atoms with Crippen LogP contribution in [0.15, 0.2) is 54.6 Å². The van der Waals surface area contributed by atoms with Crippen molar-refractivity contribution in [1.82, 2.24) is 0 Å². The molecule has 0 aliphatic rings. The van der Waals surface area contributed by atoms with Crippen LogP contribution in [0.2, 0.25) is 0 Å². The van der Waals surface area contributed by atoms with Crippen molar-refractivity contribution < 1.29 is 14.9 Å². The summed E-state index contributed by atoms with van der Waals surface area (Å²) in [5, 5.41) is 26.3. The fourth-order valence-corrected chi connectivity index (χ4v) is 4.87. The Morgan fingerprint density at radius 3 is 1.97 bits per heavy atom. The van der Waals surface area contributed by atoms with Gasteiger partial charge in [-0.25, -0.2) is 0 Å². The second kappa shape index (κ2) is 11.6. The molecular weight excluding hydrogens is 396 g/mol. The molecule has 0 heterocycles. The largest absolute Gasteiger partial charge is 0.394 e. The smallest absolute Gasteiger partial charge is 0.100 e. The topological polar surface area (TPSA) is 49.7 Å². The molecule has 1 unspecified atom stereocenters. The summed E-state index contributed by atoms with van der Waals surface area (Å²) in [5.74, 6) is 0. The summed E-state index contributed by atoms with van der Waals surface area (Å²) < 4.78 is 5.35. The number of benzene rings is 4. The first-order chi connectivity index (χ1) is 15.8. The Kier molecular flexibility index (Phi) is 8.33. The maximum atomic E-state index is 9.22. The van der Waals surface area contributed by atoms with E-state index in [-0.39, 0.29) is 13.2 Å². The Morgan fingerprint density at radius 1 is 0.656 bits per heavy atom. The third-order valence-corrected chi connectivity index (χ3v) is 6.62. The highest BCUT2D eigenvalue weighted by atomic mass is 16.5. The third kappa shape index (κ3) is 5.58. The fraction of sp³-hybridized carbons (Fsp3) is 0.448. The van der Waals surface area contributed by atoms with Crippen LogP contribution in [0.4, 0.5) is 0 Å². The first-order valence-corrected chi connectivity index (χ1v) is 12.3. The molecule has 4 aromatic rings. The van der Waals surface area contributed by atoms with Crippen LogP contribution in [-0.2, 0) is 11.2 Å². The highest BCUT2D eigenvalue weighted by molar-refractivity contribution is 6.23. The van der Waals surface area contributed by atoms with Gasteiger partial charge < -0.3 is 14.9 Å². The Hall–Kier alpha value is -2.20. The molecule has 2 N–H and O–H groups in total. The van der Waals surface area contributed by atoms with Crippen LogP contribution in [0.5, 0.6) is 0 Å².